The minimum absolute atomic E-state index is 0.237. The van der Waals surface area contributed by atoms with Crippen molar-refractivity contribution in [1.29, 1.82) is 0 Å². The molecule has 1 saturated heterocycles. The second-order valence-electron chi connectivity index (χ2n) is 8.81. The molecule has 0 aliphatic carbocycles. The Morgan fingerprint density at radius 1 is 1.00 bits per heavy atom. The normalized spacial score (nSPS) is 14.4. The molecule has 0 saturated carbocycles. The van der Waals surface area contributed by atoms with Gasteiger partial charge in [0.05, 0.1) is 17.1 Å². The van der Waals surface area contributed by atoms with Gasteiger partial charge in [-0.3, -0.25) is 24.0 Å². The van der Waals surface area contributed by atoms with Crippen LogP contribution in [-0.4, -0.2) is 38.3 Å². The summed E-state index contributed by atoms with van der Waals surface area (Å²) < 4.78 is 1.79. The molecule has 38 heavy (non-hydrogen) atoms. The Bertz CT molecular complexity index is 1530. The fraction of sp³-hybridized carbons (Fsp3) is 0.103. The summed E-state index contributed by atoms with van der Waals surface area (Å²) >= 11 is 6.83. The van der Waals surface area contributed by atoms with Gasteiger partial charge in [0.1, 0.15) is 6.54 Å². The molecular formula is C29H23ClN4O3S. The fourth-order valence-electron chi connectivity index (χ4n) is 3.98. The van der Waals surface area contributed by atoms with Crippen molar-refractivity contribution < 1.29 is 14.4 Å². The summed E-state index contributed by atoms with van der Waals surface area (Å²) in [6, 6.07) is 24.4. The molecule has 2 heterocycles. The van der Waals surface area contributed by atoms with Crippen molar-refractivity contribution in [3.63, 3.8) is 0 Å². The highest BCUT2D eigenvalue weighted by atomic mass is 35.5. The summed E-state index contributed by atoms with van der Waals surface area (Å²) in [5, 5.41) is 7.65. The third-order valence-corrected chi connectivity index (χ3v) is 7.05. The smallest absolute Gasteiger partial charge is 0.294 e. The number of imide groups is 1. The predicted molar refractivity (Wildman–Crippen MR) is 151 cm³/mol. The van der Waals surface area contributed by atoms with Crippen molar-refractivity contribution in [3.8, 4) is 11.3 Å². The monoisotopic (exact) mass is 542 g/mol. The fourth-order valence-corrected chi connectivity index (χ4v) is 4.93. The van der Waals surface area contributed by atoms with Crippen LogP contribution in [0.15, 0.2) is 90.0 Å². The average molecular weight is 543 g/mol. The van der Waals surface area contributed by atoms with Crippen LogP contribution >= 0.6 is 23.4 Å². The number of thioether (sulfide) groups is 1. The van der Waals surface area contributed by atoms with Gasteiger partial charge in [-0.25, -0.2) is 0 Å². The molecule has 3 aromatic carbocycles. The molecule has 0 unspecified atom stereocenters. The molecule has 0 radical (unpaired) electrons. The van der Waals surface area contributed by atoms with Crippen molar-refractivity contribution in [2.24, 2.45) is 0 Å². The molecule has 1 aliphatic heterocycles. The van der Waals surface area contributed by atoms with E-state index in [2.05, 4.69) is 5.32 Å². The van der Waals surface area contributed by atoms with E-state index < -0.39 is 17.1 Å². The van der Waals surface area contributed by atoms with Crippen LogP contribution in [0.25, 0.3) is 17.3 Å². The number of aryl methyl sites for hydroxylation is 1. The molecule has 1 aromatic heterocycles. The standard InChI is InChI=1S/C29H23ClN4O3S/c1-19-7-13-24(14-8-19)31-26(35)18-34-28(36)25(38-29(34)37)15-22-17-33(16-20-9-11-23(30)12-10-20)32-27(22)21-5-3-2-4-6-21/h2-15,17H,16,18H2,1H3,(H,31,35)/b25-15+. The zero-order valence-electron chi connectivity index (χ0n) is 20.4. The molecule has 1 N–H and O–H groups in total. The molecule has 5 rings (SSSR count). The number of halogens is 1. The van der Waals surface area contributed by atoms with E-state index in [1.807, 2.05) is 79.9 Å². The maximum Gasteiger partial charge on any atom is 0.294 e. The van der Waals surface area contributed by atoms with E-state index in [0.717, 1.165) is 33.4 Å². The number of hydrogen-bond acceptors (Lipinski definition) is 5. The molecule has 0 bridgehead atoms. The first-order valence-electron chi connectivity index (χ1n) is 11.8. The maximum atomic E-state index is 13.1. The number of nitrogens with one attached hydrogen (secondary N) is 1. The zero-order chi connectivity index (χ0) is 26.6. The lowest BCUT2D eigenvalue weighted by atomic mass is 10.1. The molecule has 4 aromatic rings. The Morgan fingerprint density at radius 3 is 2.42 bits per heavy atom. The number of amides is 3. The molecule has 1 fully saturated rings. The van der Waals surface area contributed by atoms with E-state index in [9.17, 15) is 14.4 Å². The Hall–Kier alpha value is -4.14. The summed E-state index contributed by atoms with van der Waals surface area (Å²) in [5.74, 6) is -0.957. The molecule has 3 amide bonds. The Kier molecular flexibility index (Phi) is 7.44. The number of anilines is 1. The average Bonchev–Trinajstić information content (AvgIpc) is 3.42. The van der Waals surface area contributed by atoms with Gasteiger partial charge in [0.2, 0.25) is 5.91 Å². The van der Waals surface area contributed by atoms with Crippen LogP contribution in [0.2, 0.25) is 5.02 Å². The third kappa shape index (κ3) is 5.88. The van der Waals surface area contributed by atoms with Gasteiger partial charge in [-0.2, -0.15) is 5.10 Å². The van der Waals surface area contributed by atoms with Crippen molar-refractivity contribution in [3.05, 3.63) is 112 Å². The number of aromatic nitrogens is 2. The first kappa shape index (κ1) is 25.5. The van der Waals surface area contributed by atoms with Gasteiger partial charge in [0.25, 0.3) is 11.1 Å². The molecule has 7 nitrogen and oxygen atoms in total. The van der Waals surface area contributed by atoms with Gasteiger partial charge in [-0.15, -0.1) is 0 Å². The van der Waals surface area contributed by atoms with Gasteiger partial charge in [0, 0.05) is 28.0 Å². The lowest BCUT2D eigenvalue weighted by molar-refractivity contribution is -0.127. The summed E-state index contributed by atoms with van der Waals surface area (Å²) in [4.78, 5) is 39.5. The number of hydrogen-bond donors (Lipinski definition) is 1. The van der Waals surface area contributed by atoms with E-state index in [1.165, 1.54) is 0 Å². The lowest BCUT2D eigenvalue weighted by Crippen LogP contribution is -2.36. The highest BCUT2D eigenvalue weighted by Gasteiger charge is 2.36. The number of nitrogens with zero attached hydrogens (tertiary/aromatic N) is 3. The SMILES string of the molecule is Cc1ccc(NC(=O)CN2C(=O)S/C(=C/c3cn(Cc4ccc(Cl)cc4)nc3-c3ccccc3)C2=O)cc1. The van der Waals surface area contributed by atoms with Gasteiger partial charge >= 0.3 is 0 Å². The number of benzene rings is 3. The Labute approximate surface area is 229 Å². The van der Waals surface area contributed by atoms with E-state index >= 15 is 0 Å². The minimum Gasteiger partial charge on any atom is -0.325 e. The first-order valence-corrected chi connectivity index (χ1v) is 13.0. The Balaban J connectivity index is 1.38. The van der Waals surface area contributed by atoms with Crippen LogP contribution in [-0.2, 0) is 16.1 Å². The van der Waals surface area contributed by atoms with E-state index in [0.29, 0.717) is 28.5 Å². The van der Waals surface area contributed by atoms with Crippen molar-refractivity contribution in [2.75, 3.05) is 11.9 Å². The van der Waals surface area contributed by atoms with Crippen LogP contribution in [0.4, 0.5) is 10.5 Å². The highest BCUT2D eigenvalue weighted by Crippen LogP contribution is 2.34. The molecule has 9 heteroatoms. The quantitative estimate of drug-likeness (QED) is 0.280. The van der Waals surface area contributed by atoms with Crippen LogP contribution < -0.4 is 5.32 Å². The van der Waals surface area contributed by atoms with Crippen molar-refractivity contribution in [1.82, 2.24) is 14.7 Å². The largest absolute Gasteiger partial charge is 0.325 e. The first-order chi connectivity index (χ1) is 18.4. The molecule has 1 aliphatic rings. The van der Waals surface area contributed by atoms with E-state index in [-0.39, 0.29) is 11.4 Å². The van der Waals surface area contributed by atoms with E-state index in [4.69, 9.17) is 16.7 Å². The van der Waals surface area contributed by atoms with Gasteiger partial charge in [-0.1, -0.05) is 71.8 Å². The number of carbonyl (C=O) groups is 3. The van der Waals surface area contributed by atoms with Gasteiger partial charge in [0.15, 0.2) is 0 Å². The number of carbonyl (C=O) groups excluding carboxylic acids is 3. The minimum atomic E-state index is -0.511. The third-order valence-electron chi connectivity index (χ3n) is 5.89. The van der Waals surface area contributed by atoms with Gasteiger partial charge in [-0.05, 0) is 54.6 Å². The lowest BCUT2D eigenvalue weighted by Gasteiger charge is -2.12. The van der Waals surface area contributed by atoms with E-state index in [1.54, 1.807) is 22.9 Å². The van der Waals surface area contributed by atoms with Crippen molar-refractivity contribution in [2.45, 2.75) is 13.5 Å². The summed E-state index contributed by atoms with van der Waals surface area (Å²) in [6.07, 6.45) is 3.51. The maximum absolute atomic E-state index is 13.1. The summed E-state index contributed by atoms with van der Waals surface area (Å²) in [6.45, 7) is 2.09. The molecule has 0 spiro atoms. The second kappa shape index (κ2) is 11.1. The van der Waals surface area contributed by atoms with Crippen LogP contribution in [0.1, 0.15) is 16.7 Å². The number of rotatable bonds is 7. The van der Waals surface area contributed by atoms with Crippen molar-refractivity contribution >= 4 is 52.2 Å². The molecule has 190 valence electrons. The van der Waals surface area contributed by atoms with Crippen LogP contribution in [0.3, 0.4) is 0 Å². The summed E-state index contributed by atoms with van der Waals surface area (Å²) in [7, 11) is 0. The van der Waals surface area contributed by atoms with Gasteiger partial charge < -0.3 is 5.32 Å². The predicted octanol–water partition coefficient (Wildman–Crippen LogP) is 6.24. The van der Waals surface area contributed by atoms with Crippen LogP contribution in [0, 0.1) is 6.92 Å². The summed E-state index contributed by atoms with van der Waals surface area (Å²) in [5.41, 5.74) is 4.94. The topological polar surface area (TPSA) is 84.3 Å². The molecular weight excluding hydrogens is 520 g/mol. The zero-order valence-corrected chi connectivity index (χ0v) is 22.0. The van der Waals surface area contributed by atoms with Crippen LogP contribution in [0.5, 0.6) is 0 Å². The second-order valence-corrected chi connectivity index (χ2v) is 10.2. The molecule has 0 atom stereocenters. The highest BCUT2D eigenvalue weighted by molar-refractivity contribution is 8.18. The Morgan fingerprint density at radius 2 is 1.71 bits per heavy atom.